The Balaban J connectivity index is 1.91. The number of hydrogen-bond acceptors (Lipinski definition) is 7. The van der Waals surface area contributed by atoms with Crippen LogP contribution < -0.4 is 10.2 Å². The van der Waals surface area contributed by atoms with E-state index >= 15 is 0 Å². The van der Waals surface area contributed by atoms with Crippen molar-refractivity contribution in [2.75, 3.05) is 50.8 Å². The molecule has 1 aliphatic heterocycles. The number of β-amino-alcohol motifs (C(OH)–C–C–N with tert-alkyl or cyclic N) is 1. The Labute approximate surface area is 126 Å². The van der Waals surface area contributed by atoms with Crippen molar-refractivity contribution in [1.82, 2.24) is 20.4 Å². The molecular weight excluding hydrogens is 270 g/mol. The molecule has 0 bridgehead atoms. The second-order valence-electron chi connectivity index (χ2n) is 5.50. The zero-order chi connectivity index (χ0) is 15.1. The maximum atomic E-state index is 9.03. The van der Waals surface area contributed by atoms with E-state index in [9.17, 15) is 0 Å². The van der Waals surface area contributed by atoms with E-state index in [0.29, 0.717) is 11.9 Å². The third-order valence-corrected chi connectivity index (χ3v) is 3.78. The minimum atomic E-state index is 0.0871. The van der Waals surface area contributed by atoms with Crippen molar-refractivity contribution in [3.05, 3.63) is 5.89 Å². The van der Waals surface area contributed by atoms with E-state index in [1.165, 1.54) is 0 Å². The molecular formula is C14H27N5O2. The maximum absolute atomic E-state index is 9.03. The molecule has 2 rings (SSSR count). The molecule has 1 aromatic heterocycles. The van der Waals surface area contributed by atoms with E-state index in [4.69, 9.17) is 9.52 Å². The molecule has 1 fully saturated rings. The summed E-state index contributed by atoms with van der Waals surface area (Å²) in [6.45, 7) is 9.77. The van der Waals surface area contributed by atoms with Gasteiger partial charge in [0.15, 0.2) is 0 Å². The van der Waals surface area contributed by atoms with Crippen LogP contribution in [0.25, 0.3) is 0 Å². The van der Waals surface area contributed by atoms with Gasteiger partial charge < -0.3 is 19.7 Å². The van der Waals surface area contributed by atoms with E-state index in [2.05, 4.69) is 32.2 Å². The van der Waals surface area contributed by atoms with Crippen molar-refractivity contribution in [3.63, 3.8) is 0 Å². The number of rotatable bonds is 7. The highest BCUT2D eigenvalue weighted by atomic mass is 16.4. The fourth-order valence-electron chi connectivity index (χ4n) is 2.50. The summed E-state index contributed by atoms with van der Waals surface area (Å²) in [6.07, 6.45) is 2.12. The highest BCUT2D eigenvalue weighted by molar-refractivity contribution is 5.24. The van der Waals surface area contributed by atoms with Crippen LogP contribution in [0.2, 0.25) is 0 Å². The van der Waals surface area contributed by atoms with Crippen molar-refractivity contribution in [1.29, 1.82) is 0 Å². The van der Waals surface area contributed by atoms with Gasteiger partial charge in [-0.2, -0.15) is 0 Å². The van der Waals surface area contributed by atoms with Gasteiger partial charge in [0.1, 0.15) is 0 Å². The van der Waals surface area contributed by atoms with Crippen LogP contribution in [0.15, 0.2) is 4.42 Å². The third-order valence-electron chi connectivity index (χ3n) is 3.78. The quantitative estimate of drug-likeness (QED) is 0.764. The summed E-state index contributed by atoms with van der Waals surface area (Å²) in [5, 5.41) is 20.7. The molecule has 1 aliphatic rings. The Hall–Kier alpha value is -1.18. The molecule has 1 saturated heterocycles. The van der Waals surface area contributed by atoms with Gasteiger partial charge in [0, 0.05) is 26.2 Å². The molecule has 1 atom stereocenters. The van der Waals surface area contributed by atoms with Crippen molar-refractivity contribution in [2.45, 2.75) is 32.7 Å². The molecule has 0 saturated carbocycles. The lowest BCUT2D eigenvalue weighted by Crippen LogP contribution is -2.32. The summed E-state index contributed by atoms with van der Waals surface area (Å²) >= 11 is 0. The van der Waals surface area contributed by atoms with Gasteiger partial charge in [-0.05, 0) is 32.9 Å². The minimum absolute atomic E-state index is 0.0871. The number of aliphatic hydroxyl groups excluding tert-OH is 1. The van der Waals surface area contributed by atoms with Gasteiger partial charge in [-0.3, -0.25) is 4.90 Å². The SMILES string of the molecule is CCCNC(C)c1nnc(N2CCCN(CCO)CC2)o1. The predicted octanol–water partition coefficient (Wildman–Crippen LogP) is 0.635. The van der Waals surface area contributed by atoms with Crippen LogP contribution in [-0.4, -0.2) is 66.1 Å². The second-order valence-corrected chi connectivity index (χ2v) is 5.50. The summed E-state index contributed by atoms with van der Waals surface area (Å²) in [5.74, 6) is 0.648. The molecule has 120 valence electrons. The third kappa shape index (κ3) is 4.66. The molecule has 21 heavy (non-hydrogen) atoms. The molecule has 0 amide bonds. The lowest BCUT2D eigenvalue weighted by atomic mass is 10.3. The molecule has 7 nitrogen and oxygen atoms in total. The number of nitrogens with zero attached hydrogens (tertiary/aromatic N) is 4. The maximum Gasteiger partial charge on any atom is 0.318 e. The number of anilines is 1. The minimum Gasteiger partial charge on any atom is -0.406 e. The van der Waals surface area contributed by atoms with Crippen molar-refractivity contribution in [3.8, 4) is 0 Å². The highest BCUT2D eigenvalue weighted by Crippen LogP contribution is 2.18. The van der Waals surface area contributed by atoms with Crippen LogP contribution in [0.3, 0.4) is 0 Å². The van der Waals surface area contributed by atoms with E-state index in [1.807, 2.05) is 6.92 Å². The first-order valence-electron chi connectivity index (χ1n) is 7.89. The van der Waals surface area contributed by atoms with Crippen LogP contribution in [-0.2, 0) is 0 Å². The molecule has 1 aromatic rings. The Kier molecular flexibility index (Phi) is 6.41. The smallest absolute Gasteiger partial charge is 0.318 e. The highest BCUT2D eigenvalue weighted by Gasteiger charge is 2.20. The molecule has 0 spiro atoms. The molecule has 2 N–H and O–H groups in total. The van der Waals surface area contributed by atoms with Gasteiger partial charge in [0.2, 0.25) is 5.89 Å². The lowest BCUT2D eigenvalue weighted by molar-refractivity contribution is 0.204. The van der Waals surface area contributed by atoms with Crippen molar-refractivity contribution >= 4 is 6.01 Å². The van der Waals surface area contributed by atoms with Gasteiger partial charge in [-0.15, -0.1) is 5.10 Å². The van der Waals surface area contributed by atoms with E-state index < -0.39 is 0 Å². The molecule has 2 heterocycles. The van der Waals surface area contributed by atoms with Crippen LogP contribution >= 0.6 is 0 Å². The number of hydrogen-bond donors (Lipinski definition) is 2. The average molecular weight is 297 g/mol. The predicted molar refractivity (Wildman–Crippen MR) is 81.4 cm³/mol. The van der Waals surface area contributed by atoms with E-state index in [1.54, 1.807) is 0 Å². The Bertz CT molecular complexity index is 412. The summed E-state index contributed by atoms with van der Waals surface area (Å²) in [6, 6.07) is 0.699. The molecule has 7 heteroatoms. The number of nitrogens with one attached hydrogen (secondary N) is 1. The van der Waals surface area contributed by atoms with E-state index in [-0.39, 0.29) is 12.6 Å². The molecule has 0 aromatic carbocycles. The van der Waals surface area contributed by atoms with E-state index in [0.717, 1.165) is 52.1 Å². The standard InChI is InChI=1S/C14H27N5O2/c1-3-5-15-12(2)13-16-17-14(21-13)19-7-4-6-18(8-9-19)10-11-20/h12,15,20H,3-11H2,1-2H3. The van der Waals surface area contributed by atoms with Gasteiger partial charge in [0.25, 0.3) is 0 Å². The summed E-state index contributed by atoms with van der Waals surface area (Å²) in [7, 11) is 0. The topological polar surface area (TPSA) is 77.7 Å². The average Bonchev–Trinajstić information content (AvgIpc) is 2.87. The van der Waals surface area contributed by atoms with Crippen LogP contribution in [0.4, 0.5) is 6.01 Å². The van der Waals surface area contributed by atoms with Gasteiger partial charge >= 0.3 is 6.01 Å². The number of aromatic nitrogens is 2. The first-order chi connectivity index (χ1) is 10.2. The lowest BCUT2D eigenvalue weighted by Gasteiger charge is -2.19. The summed E-state index contributed by atoms with van der Waals surface area (Å²) in [5.41, 5.74) is 0. The molecule has 1 unspecified atom stereocenters. The second kappa shape index (κ2) is 8.31. The Morgan fingerprint density at radius 2 is 2.14 bits per heavy atom. The first-order valence-corrected chi connectivity index (χ1v) is 7.89. The van der Waals surface area contributed by atoms with Crippen LogP contribution in [0, 0.1) is 0 Å². The summed E-state index contributed by atoms with van der Waals surface area (Å²) in [4.78, 5) is 4.41. The zero-order valence-corrected chi connectivity index (χ0v) is 13.1. The van der Waals surface area contributed by atoms with Crippen LogP contribution in [0.1, 0.15) is 38.6 Å². The normalized spacial score (nSPS) is 18.7. The van der Waals surface area contributed by atoms with Crippen molar-refractivity contribution < 1.29 is 9.52 Å². The Morgan fingerprint density at radius 1 is 1.29 bits per heavy atom. The monoisotopic (exact) mass is 297 g/mol. The largest absolute Gasteiger partial charge is 0.406 e. The number of aliphatic hydroxyl groups is 1. The van der Waals surface area contributed by atoms with Crippen LogP contribution in [0.5, 0.6) is 0 Å². The zero-order valence-electron chi connectivity index (χ0n) is 13.1. The Morgan fingerprint density at radius 3 is 2.90 bits per heavy atom. The molecule has 0 radical (unpaired) electrons. The summed E-state index contributed by atoms with van der Waals surface area (Å²) < 4.78 is 5.81. The van der Waals surface area contributed by atoms with Gasteiger partial charge in [0.05, 0.1) is 12.6 Å². The fraction of sp³-hybridized carbons (Fsp3) is 0.857. The van der Waals surface area contributed by atoms with Gasteiger partial charge in [-0.1, -0.05) is 12.0 Å². The van der Waals surface area contributed by atoms with Crippen molar-refractivity contribution in [2.24, 2.45) is 0 Å². The fourth-order valence-corrected chi connectivity index (χ4v) is 2.50. The molecule has 0 aliphatic carbocycles. The first kappa shape index (κ1) is 16.2. The van der Waals surface area contributed by atoms with Gasteiger partial charge in [-0.25, -0.2) is 0 Å².